The van der Waals surface area contributed by atoms with E-state index in [1.807, 2.05) is 20.8 Å². The van der Waals surface area contributed by atoms with Crippen LogP contribution in [0.2, 0.25) is 0 Å². The zero-order valence-electron chi connectivity index (χ0n) is 14.0. The van der Waals surface area contributed by atoms with E-state index in [0.717, 1.165) is 12.0 Å². The lowest BCUT2D eigenvalue weighted by atomic mass is 9.47. The number of esters is 1. The number of rotatable bonds is 1. The standard InChI is InChI=1S/C17H26O6/c1-8-5-11(19)14(20)13-10-7-16(3,4)17(10,23-15(13)21)12(6-8)22-9(2)18/h5,10-15,19-21H,6-7H2,1-4H3/b8-5+/t10-,11-,12+,13+,14+,15-,17-/m1/s1. The Bertz CT molecular complexity index is 541. The van der Waals surface area contributed by atoms with Crippen LogP contribution in [0.25, 0.3) is 0 Å². The fraction of sp³-hybridized carbons (Fsp3) is 0.824. The van der Waals surface area contributed by atoms with Gasteiger partial charge in [-0.25, -0.2) is 0 Å². The third-order valence-corrected chi connectivity index (χ3v) is 5.94. The highest BCUT2D eigenvalue weighted by atomic mass is 16.7. The van der Waals surface area contributed by atoms with Gasteiger partial charge in [0.2, 0.25) is 0 Å². The van der Waals surface area contributed by atoms with Crippen LogP contribution in [0.3, 0.4) is 0 Å². The molecule has 0 amide bonds. The predicted molar refractivity (Wildman–Crippen MR) is 81.1 cm³/mol. The molecule has 3 N–H and O–H groups in total. The summed E-state index contributed by atoms with van der Waals surface area (Å²) in [6.45, 7) is 7.23. The maximum Gasteiger partial charge on any atom is 0.303 e. The Balaban J connectivity index is 2.10. The quantitative estimate of drug-likeness (QED) is 0.486. The average molecular weight is 326 g/mol. The summed E-state index contributed by atoms with van der Waals surface area (Å²) in [4.78, 5) is 11.6. The minimum atomic E-state index is -1.18. The fourth-order valence-corrected chi connectivity index (χ4v) is 4.99. The van der Waals surface area contributed by atoms with Gasteiger partial charge < -0.3 is 24.8 Å². The van der Waals surface area contributed by atoms with Crippen molar-refractivity contribution in [3.05, 3.63) is 11.6 Å². The predicted octanol–water partition coefficient (Wildman–Crippen LogP) is 0.740. The van der Waals surface area contributed by atoms with Gasteiger partial charge in [0.1, 0.15) is 11.7 Å². The highest BCUT2D eigenvalue weighted by molar-refractivity contribution is 5.66. The number of aliphatic hydroxyl groups is 3. The first-order valence-corrected chi connectivity index (χ1v) is 8.16. The Labute approximate surface area is 136 Å². The van der Waals surface area contributed by atoms with Crippen molar-refractivity contribution in [2.45, 2.75) is 70.7 Å². The molecule has 130 valence electrons. The SMILES string of the molecule is CC(=O)O[C@H]1C/C(C)=C/[C@@H](O)[C@H](O)[C@H]2[C@H](O)O[C@]13[C@@H]2CC3(C)C. The van der Waals surface area contributed by atoms with E-state index < -0.39 is 42.1 Å². The van der Waals surface area contributed by atoms with Crippen LogP contribution in [0.4, 0.5) is 0 Å². The molecule has 6 nitrogen and oxygen atoms in total. The van der Waals surface area contributed by atoms with E-state index in [2.05, 4.69) is 0 Å². The molecular weight excluding hydrogens is 300 g/mol. The van der Waals surface area contributed by atoms with Gasteiger partial charge in [-0.15, -0.1) is 0 Å². The summed E-state index contributed by atoms with van der Waals surface area (Å²) in [5, 5.41) is 31.1. The first-order valence-electron chi connectivity index (χ1n) is 8.16. The van der Waals surface area contributed by atoms with Crippen molar-refractivity contribution in [1.82, 2.24) is 0 Å². The maximum absolute atomic E-state index is 11.6. The molecule has 1 heterocycles. The van der Waals surface area contributed by atoms with Gasteiger partial charge in [-0.2, -0.15) is 0 Å². The number of carbonyl (C=O) groups is 1. The zero-order chi connectivity index (χ0) is 17.2. The normalized spacial score (nSPS) is 50.5. The second-order valence-electron chi connectivity index (χ2n) is 7.87. The Morgan fingerprint density at radius 2 is 2.00 bits per heavy atom. The molecule has 1 saturated carbocycles. The lowest BCUT2D eigenvalue weighted by molar-refractivity contribution is -0.276. The third-order valence-electron chi connectivity index (χ3n) is 5.94. The largest absolute Gasteiger partial charge is 0.459 e. The molecule has 2 fully saturated rings. The molecule has 7 atom stereocenters. The molecule has 6 heteroatoms. The summed E-state index contributed by atoms with van der Waals surface area (Å²) < 4.78 is 11.5. The monoisotopic (exact) mass is 326 g/mol. The van der Waals surface area contributed by atoms with Crippen molar-refractivity contribution in [2.75, 3.05) is 0 Å². The molecule has 3 rings (SSSR count). The fourth-order valence-electron chi connectivity index (χ4n) is 4.99. The molecule has 0 radical (unpaired) electrons. The Morgan fingerprint density at radius 1 is 1.35 bits per heavy atom. The van der Waals surface area contributed by atoms with Crippen LogP contribution in [0.15, 0.2) is 11.6 Å². The van der Waals surface area contributed by atoms with Gasteiger partial charge in [0.05, 0.1) is 12.2 Å². The van der Waals surface area contributed by atoms with Gasteiger partial charge in [-0.3, -0.25) is 4.79 Å². The molecule has 1 aliphatic heterocycles. The summed E-state index contributed by atoms with van der Waals surface area (Å²) in [5.74, 6) is -1.17. The van der Waals surface area contributed by atoms with Gasteiger partial charge in [0.15, 0.2) is 6.29 Å². The Morgan fingerprint density at radius 3 is 2.57 bits per heavy atom. The van der Waals surface area contributed by atoms with Crippen LogP contribution in [-0.4, -0.2) is 51.5 Å². The van der Waals surface area contributed by atoms with Crippen molar-refractivity contribution in [2.24, 2.45) is 17.3 Å². The summed E-state index contributed by atoms with van der Waals surface area (Å²) in [5.41, 5.74) is -0.324. The van der Waals surface area contributed by atoms with Gasteiger partial charge in [0.25, 0.3) is 0 Å². The number of hydrogen-bond acceptors (Lipinski definition) is 6. The van der Waals surface area contributed by atoms with E-state index in [4.69, 9.17) is 9.47 Å². The van der Waals surface area contributed by atoms with E-state index in [9.17, 15) is 20.1 Å². The second-order valence-corrected chi connectivity index (χ2v) is 7.87. The summed E-state index contributed by atoms with van der Waals surface area (Å²) in [6, 6.07) is 0. The van der Waals surface area contributed by atoms with Crippen molar-refractivity contribution in [3.8, 4) is 0 Å². The van der Waals surface area contributed by atoms with Gasteiger partial charge in [0, 0.05) is 25.2 Å². The zero-order valence-corrected chi connectivity index (χ0v) is 14.0. The Kier molecular flexibility index (Phi) is 3.87. The van der Waals surface area contributed by atoms with E-state index in [1.165, 1.54) is 6.92 Å². The van der Waals surface area contributed by atoms with Gasteiger partial charge in [-0.05, 0) is 18.8 Å². The number of hydrogen-bond donors (Lipinski definition) is 3. The molecule has 0 spiro atoms. The lowest BCUT2D eigenvalue weighted by Crippen LogP contribution is -2.68. The lowest BCUT2D eigenvalue weighted by Gasteiger charge is -2.60. The maximum atomic E-state index is 11.6. The smallest absolute Gasteiger partial charge is 0.303 e. The molecule has 0 unspecified atom stereocenters. The molecule has 0 aromatic heterocycles. The van der Waals surface area contributed by atoms with Crippen molar-refractivity contribution in [1.29, 1.82) is 0 Å². The molecule has 2 bridgehead atoms. The molecule has 3 aliphatic rings. The van der Waals surface area contributed by atoms with E-state index in [1.54, 1.807) is 6.08 Å². The third kappa shape index (κ3) is 2.27. The van der Waals surface area contributed by atoms with Crippen molar-refractivity contribution in [3.63, 3.8) is 0 Å². The van der Waals surface area contributed by atoms with Crippen molar-refractivity contribution < 1.29 is 29.6 Å². The minimum Gasteiger partial charge on any atom is -0.459 e. The molecule has 0 aromatic carbocycles. The highest BCUT2D eigenvalue weighted by Gasteiger charge is 2.74. The van der Waals surface area contributed by atoms with Crippen LogP contribution < -0.4 is 0 Å². The second kappa shape index (κ2) is 5.28. The first kappa shape index (κ1) is 16.9. The first-order chi connectivity index (χ1) is 10.6. The molecule has 0 aromatic rings. The minimum absolute atomic E-state index is 0.166. The number of aliphatic hydroxyl groups excluding tert-OH is 3. The van der Waals surface area contributed by atoms with Crippen LogP contribution in [0, 0.1) is 17.3 Å². The van der Waals surface area contributed by atoms with Crippen molar-refractivity contribution >= 4 is 5.97 Å². The average Bonchev–Trinajstić information content (AvgIpc) is 2.66. The molecule has 1 saturated heterocycles. The summed E-state index contributed by atoms with van der Waals surface area (Å²) in [7, 11) is 0. The molecular formula is C17H26O6. The topological polar surface area (TPSA) is 96.2 Å². The summed E-state index contributed by atoms with van der Waals surface area (Å²) >= 11 is 0. The van der Waals surface area contributed by atoms with E-state index >= 15 is 0 Å². The van der Waals surface area contributed by atoms with E-state index in [-0.39, 0.29) is 11.3 Å². The van der Waals surface area contributed by atoms with Crippen LogP contribution >= 0.6 is 0 Å². The number of ether oxygens (including phenoxy) is 2. The van der Waals surface area contributed by atoms with E-state index in [0.29, 0.717) is 6.42 Å². The highest BCUT2D eigenvalue weighted by Crippen LogP contribution is 2.67. The summed E-state index contributed by atoms with van der Waals surface area (Å²) in [6.07, 6.45) is -1.21. The van der Waals surface area contributed by atoms with Crippen LogP contribution in [0.5, 0.6) is 0 Å². The van der Waals surface area contributed by atoms with Crippen LogP contribution in [-0.2, 0) is 14.3 Å². The molecule has 2 aliphatic carbocycles. The van der Waals surface area contributed by atoms with Crippen LogP contribution in [0.1, 0.15) is 40.5 Å². The molecule has 23 heavy (non-hydrogen) atoms. The van der Waals surface area contributed by atoms with Gasteiger partial charge >= 0.3 is 5.97 Å². The number of carbonyl (C=O) groups excluding carboxylic acids is 1. The van der Waals surface area contributed by atoms with Gasteiger partial charge in [-0.1, -0.05) is 25.5 Å². The Hall–Kier alpha value is -0.950.